The summed E-state index contributed by atoms with van der Waals surface area (Å²) < 4.78 is 0. The zero-order valence-electron chi connectivity index (χ0n) is 8.40. The van der Waals surface area contributed by atoms with Crippen molar-refractivity contribution in [2.45, 2.75) is 33.1 Å². The van der Waals surface area contributed by atoms with Gasteiger partial charge in [-0.25, -0.2) is 0 Å². The third-order valence-electron chi connectivity index (χ3n) is 2.15. The fourth-order valence-corrected chi connectivity index (χ4v) is 1.17. The molecule has 0 radical (unpaired) electrons. The first kappa shape index (κ1) is 11.2. The lowest BCUT2D eigenvalue weighted by molar-refractivity contribution is 0.624. The van der Waals surface area contributed by atoms with Gasteiger partial charge >= 0.3 is 0 Å². The number of hydrogen-bond acceptors (Lipinski definition) is 0. The molecule has 0 spiro atoms. The van der Waals surface area contributed by atoms with Gasteiger partial charge in [-0.05, 0) is 18.9 Å². The zero-order valence-corrected chi connectivity index (χ0v) is 8.40. The minimum absolute atomic E-state index is 0.433. The van der Waals surface area contributed by atoms with Gasteiger partial charge in [-0.15, -0.1) is 6.58 Å². The summed E-state index contributed by atoms with van der Waals surface area (Å²) in [6.45, 7) is 15.9. The summed E-state index contributed by atoms with van der Waals surface area (Å²) in [5, 5.41) is 0. The van der Waals surface area contributed by atoms with E-state index in [0.717, 1.165) is 17.6 Å². The largest absolute Gasteiger partial charge is 0.102 e. The lowest BCUT2D eigenvalue weighted by Crippen LogP contribution is -2.00. The van der Waals surface area contributed by atoms with Crippen LogP contribution in [0.25, 0.3) is 0 Å². The van der Waals surface area contributed by atoms with Crippen LogP contribution in [0.5, 0.6) is 0 Å². The van der Waals surface area contributed by atoms with Gasteiger partial charge in [-0.1, -0.05) is 44.6 Å². The van der Waals surface area contributed by atoms with Crippen molar-refractivity contribution in [3.63, 3.8) is 0 Å². The summed E-state index contributed by atoms with van der Waals surface area (Å²) in [7, 11) is 0. The first-order valence-corrected chi connectivity index (χ1v) is 4.60. The molecule has 12 heavy (non-hydrogen) atoms. The molecule has 0 saturated heterocycles. The summed E-state index contributed by atoms with van der Waals surface area (Å²) in [5.41, 5.74) is 2.22. The molecule has 1 unspecified atom stereocenters. The Labute approximate surface area is 76.7 Å². The van der Waals surface area contributed by atoms with Crippen LogP contribution in [0.2, 0.25) is 0 Å². The van der Waals surface area contributed by atoms with Gasteiger partial charge in [0, 0.05) is 5.92 Å². The lowest BCUT2D eigenvalue weighted by atomic mass is 9.91. The second-order valence-electron chi connectivity index (χ2n) is 3.29. The molecule has 0 aromatic carbocycles. The zero-order chi connectivity index (χ0) is 9.56. The lowest BCUT2D eigenvalue weighted by Gasteiger charge is -2.14. The van der Waals surface area contributed by atoms with Crippen LogP contribution in [-0.4, -0.2) is 0 Å². The maximum atomic E-state index is 4.01. The molecule has 68 valence electrons. The number of rotatable bonds is 6. The third-order valence-corrected chi connectivity index (χ3v) is 2.15. The standard InChI is InChI=1S/C12H20/c1-6-8-9-12(7-2)11(5)10(3)4/h7,12H,2-3,5-6,8-9H2,1,4H3. The van der Waals surface area contributed by atoms with Crippen molar-refractivity contribution < 1.29 is 0 Å². The summed E-state index contributed by atoms with van der Waals surface area (Å²) in [4.78, 5) is 0. The molecule has 0 aliphatic rings. The van der Waals surface area contributed by atoms with Crippen molar-refractivity contribution in [3.05, 3.63) is 37.0 Å². The molecule has 0 heterocycles. The highest BCUT2D eigenvalue weighted by Crippen LogP contribution is 2.22. The first-order chi connectivity index (χ1) is 5.63. The van der Waals surface area contributed by atoms with Gasteiger partial charge in [-0.2, -0.15) is 0 Å². The molecule has 0 bridgehead atoms. The van der Waals surface area contributed by atoms with E-state index >= 15 is 0 Å². The first-order valence-electron chi connectivity index (χ1n) is 4.60. The van der Waals surface area contributed by atoms with E-state index in [0.29, 0.717) is 5.92 Å². The van der Waals surface area contributed by atoms with Crippen LogP contribution in [0.15, 0.2) is 37.0 Å². The molecule has 0 fully saturated rings. The Morgan fingerprint density at radius 3 is 2.33 bits per heavy atom. The van der Waals surface area contributed by atoms with Gasteiger partial charge in [0.05, 0.1) is 0 Å². The maximum Gasteiger partial charge on any atom is 0.00118 e. The minimum Gasteiger partial charge on any atom is -0.102 e. The average molecular weight is 164 g/mol. The summed E-state index contributed by atoms with van der Waals surface area (Å²) >= 11 is 0. The van der Waals surface area contributed by atoms with Gasteiger partial charge in [0.15, 0.2) is 0 Å². The molecule has 0 aromatic rings. The van der Waals surface area contributed by atoms with E-state index in [-0.39, 0.29) is 0 Å². The molecule has 0 nitrogen and oxygen atoms in total. The summed E-state index contributed by atoms with van der Waals surface area (Å²) in [5.74, 6) is 0.433. The molecule has 1 atom stereocenters. The van der Waals surface area contributed by atoms with Crippen molar-refractivity contribution in [2.24, 2.45) is 5.92 Å². The van der Waals surface area contributed by atoms with E-state index in [1.54, 1.807) is 0 Å². The van der Waals surface area contributed by atoms with Crippen molar-refractivity contribution >= 4 is 0 Å². The van der Waals surface area contributed by atoms with E-state index in [9.17, 15) is 0 Å². The highest BCUT2D eigenvalue weighted by Gasteiger charge is 2.07. The third kappa shape index (κ3) is 3.56. The predicted molar refractivity (Wildman–Crippen MR) is 57.2 cm³/mol. The number of hydrogen-bond donors (Lipinski definition) is 0. The van der Waals surface area contributed by atoms with Crippen molar-refractivity contribution in [2.75, 3.05) is 0 Å². The Morgan fingerprint density at radius 1 is 1.42 bits per heavy atom. The molecule has 0 heteroatoms. The van der Waals surface area contributed by atoms with Crippen LogP contribution >= 0.6 is 0 Å². The van der Waals surface area contributed by atoms with E-state index < -0.39 is 0 Å². The second kappa shape index (κ2) is 5.82. The average Bonchev–Trinajstić information content (AvgIpc) is 2.05. The SMILES string of the molecule is C=CC(CCCC)C(=C)C(=C)C. The van der Waals surface area contributed by atoms with Crippen LogP contribution in [0.3, 0.4) is 0 Å². The normalized spacial score (nSPS) is 12.2. The van der Waals surface area contributed by atoms with E-state index in [4.69, 9.17) is 0 Å². The monoisotopic (exact) mass is 164 g/mol. The van der Waals surface area contributed by atoms with Crippen molar-refractivity contribution in [1.82, 2.24) is 0 Å². The fraction of sp³-hybridized carbons (Fsp3) is 0.500. The molecule has 0 saturated carbocycles. The smallest absolute Gasteiger partial charge is 0.00118 e. The number of unbranched alkanes of at least 4 members (excludes halogenated alkanes) is 1. The topological polar surface area (TPSA) is 0 Å². The Morgan fingerprint density at radius 2 is 2.00 bits per heavy atom. The van der Waals surface area contributed by atoms with Gasteiger partial charge in [-0.3, -0.25) is 0 Å². The minimum atomic E-state index is 0.433. The molecule has 0 aromatic heterocycles. The Kier molecular flexibility index (Phi) is 5.44. The van der Waals surface area contributed by atoms with Gasteiger partial charge in [0.2, 0.25) is 0 Å². The van der Waals surface area contributed by atoms with Crippen LogP contribution in [-0.2, 0) is 0 Å². The van der Waals surface area contributed by atoms with Gasteiger partial charge in [0.1, 0.15) is 0 Å². The Bertz CT molecular complexity index is 174. The Balaban J connectivity index is 4.05. The van der Waals surface area contributed by atoms with E-state index in [2.05, 4.69) is 26.7 Å². The summed E-state index contributed by atoms with van der Waals surface area (Å²) in [6, 6.07) is 0. The molecular weight excluding hydrogens is 144 g/mol. The highest BCUT2D eigenvalue weighted by atomic mass is 14.1. The number of allylic oxidation sites excluding steroid dienone is 3. The van der Waals surface area contributed by atoms with Crippen LogP contribution in [0.1, 0.15) is 33.1 Å². The second-order valence-corrected chi connectivity index (χ2v) is 3.29. The molecule has 0 amide bonds. The molecule has 0 N–H and O–H groups in total. The predicted octanol–water partition coefficient (Wildman–Crippen LogP) is 4.11. The summed E-state index contributed by atoms with van der Waals surface area (Å²) in [6.07, 6.45) is 5.61. The highest BCUT2D eigenvalue weighted by molar-refractivity contribution is 5.28. The Hall–Kier alpha value is -0.780. The maximum absolute atomic E-state index is 4.01. The van der Waals surface area contributed by atoms with Crippen molar-refractivity contribution in [3.8, 4) is 0 Å². The molecular formula is C12H20. The van der Waals surface area contributed by atoms with E-state index in [1.165, 1.54) is 12.8 Å². The van der Waals surface area contributed by atoms with Crippen LogP contribution < -0.4 is 0 Å². The fourth-order valence-electron chi connectivity index (χ4n) is 1.17. The molecule has 0 aliphatic carbocycles. The van der Waals surface area contributed by atoms with Crippen LogP contribution in [0, 0.1) is 5.92 Å². The molecule has 0 rings (SSSR count). The van der Waals surface area contributed by atoms with E-state index in [1.807, 2.05) is 13.0 Å². The van der Waals surface area contributed by atoms with Gasteiger partial charge < -0.3 is 0 Å². The molecule has 0 aliphatic heterocycles. The van der Waals surface area contributed by atoms with Crippen molar-refractivity contribution in [1.29, 1.82) is 0 Å². The van der Waals surface area contributed by atoms with Gasteiger partial charge in [0.25, 0.3) is 0 Å². The van der Waals surface area contributed by atoms with Crippen LogP contribution in [0.4, 0.5) is 0 Å². The quantitative estimate of drug-likeness (QED) is 0.409.